The minimum atomic E-state index is -0.0553. The zero-order chi connectivity index (χ0) is 22.1. The first-order chi connectivity index (χ1) is 14.0. The van der Waals surface area contributed by atoms with Crippen LogP contribution in [0.3, 0.4) is 0 Å². The van der Waals surface area contributed by atoms with Crippen molar-refractivity contribution in [2.75, 3.05) is 0 Å². The first-order valence-corrected chi connectivity index (χ1v) is 11.2. The Hall–Kier alpha value is -2.42. The van der Waals surface area contributed by atoms with Gasteiger partial charge in [-0.25, -0.2) is 0 Å². The maximum absolute atomic E-state index is 4.75. The number of nitrogens with zero attached hydrogens (tertiary/aromatic N) is 3. The van der Waals surface area contributed by atoms with Crippen LogP contribution in [-0.4, -0.2) is 14.8 Å². The van der Waals surface area contributed by atoms with E-state index in [1.807, 2.05) is 0 Å². The van der Waals surface area contributed by atoms with E-state index in [4.69, 9.17) is 10.2 Å². The fourth-order valence-corrected chi connectivity index (χ4v) is 4.03. The van der Waals surface area contributed by atoms with E-state index >= 15 is 0 Å². The average Bonchev–Trinajstić information content (AvgIpc) is 3.11. The van der Waals surface area contributed by atoms with Crippen molar-refractivity contribution in [3.63, 3.8) is 0 Å². The quantitative estimate of drug-likeness (QED) is 0.432. The van der Waals surface area contributed by atoms with Gasteiger partial charge >= 0.3 is 0 Å². The molecular weight excluding hydrogens is 366 g/mol. The van der Waals surface area contributed by atoms with Gasteiger partial charge in [-0.3, -0.25) is 4.57 Å². The molecule has 2 aromatic carbocycles. The molecular formula is C27H37N3. The fourth-order valence-electron chi connectivity index (χ4n) is 4.03. The molecule has 0 amide bonds. The summed E-state index contributed by atoms with van der Waals surface area (Å²) >= 11 is 0. The van der Waals surface area contributed by atoms with Crippen LogP contribution in [0.15, 0.2) is 42.5 Å². The second-order valence-corrected chi connectivity index (χ2v) is 10.3. The van der Waals surface area contributed by atoms with E-state index in [1.165, 1.54) is 35.2 Å². The molecule has 0 aliphatic heterocycles. The van der Waals surface area contributed by atoms with Crippen LogP contribution in [0.4, 0.5) is 0 Å². The van der Waals surface area contributed by atoms with E-state index in [0.29, 0.717) is 0 Å². The van der Waals surface area contributed by atoms with Crippen LogP contribution in [0.25, 0.3) is 17.1 Å². The molecule has 0 aliphatic carbocycles. The smallest absolute Gasteiger partial charge is 0.168 e. The third-order valence-electron chi connectivity index (χ3n) is 6.00. The Balaban J connectivity index is 2.24. The van der Waals surface area contributed by atoms with E-state index in [2.05, 4.69) is 102 Å². The molecule has 30 heavy (non-hydrogen) atoms. The Morgan fingerprint density at radius 2 is 1.63 bits per heavy atom. The molecule has 0 N–H and O–H groups in total. The van der Waals surface area contributed by atoms with Crippen molar-refractivity contribution in [2.45, 2.75) is 85.5 Å². The Bertz CT molecular complexity index is 1020. The number of benzene rings is 2. The Morgan fingerprint density at radius 1 is 0.900 bits per heavy atom. The van der Waals surface area contributed by atoms with Crippen molar-refractivity contribution in [2.24, 2.45) is 0 Å². The van der Waals surface area contributed by atoms with Crippen LogP contribution >= 0.6 is 0 Å². The van der Waals surface area contributed by atoms with Crippen molar-refractivity contribution >= 4 is 0 Å². The van der Waals surface area contributed by atoms with Gasteiger partial charge < -0.3 is 0 Å². The van der Waals surface area contributed by atoms with E-state index in [-0.39, 0.29) is 10.8 Å². The second kappa shape index (κ2) is 8.37. The number of hydrogen-bond acceptors (Lipinski definition) is 2. The lowest BCUT2D eigenvalue weighted by Crippen LogP contribution is -2.23. The third-order valence-corrected chi connectivity index (χ3v) is 6.00. The minimum Gasteiger partial charge on any atom is -0.278 e. The number of rotatable bonds is 6. The molecule has 0 radical (unpaired) electrons. The first kappa shape index (κ1) is 22.3. The molecule has 0 unspecified atom stereocenters. The van der Waals surface area contributed by atoms with Gasteiger partial charge in [-0.15, -0.1) is 10.2 Å². The van der Waals surface area contributed by atoms with Gasteiger partial charge in [-0.05, 0) is 48.9 Å². The zero-order valence-corrected chi connectivity index (χ0v) is 20.0. The molecule has 0 saturated heterocycles. The molecule has 3 heteroatoms. The average molecular weight is 404 g/mol. The SMILES string of the molecule is CCCCC(C)(C)c1nnc(-c2cccc(C)c2)n1-c1ccc(C(C)(C)C)cc1C. The van der Waals surface area contributed by atoms with Crippen LogP contribution in [0.1, 0.15) is 83.3 Å². The minimum absolute atomic E-state index is 0.0553. The summed E-state index contributed by atoms with van der Waals surface area (Å²) in [6.45, 7) is 17.9. The lowest BCUT2D eigenvalue weighted by molar-refractivity contribution is 0.425. The summed E-state index contributed by atoms with van der Waals surface area (Å²) in [7, 11) is 0. The summed E-state index contributed by atoms with van der Waals surface area (Å²) in [5.41, 5.74) is 6.18. The van der Waals surface area contributed by atoms with Gasteiger partial charge in [0.2, 0.25) is 0 Å². The number of aryl methyl sites for hydroxylation is 2. The number of hydrogen-bond donors (Lipinski definition) is 0. The van der Waals surface area contributed by atoms with Gasteiger partial charge in [-0.1, -0.05) is 90.3 Å². The Kier molecular flexibility index (Phi) is 6.21. The Labute approximate surface area is 182 Å². The highest BCUT2D eigenvalue weighted by Crippen LogP contribution is 2.35. The van der Waals surface area contributed by atoms with Gasteiger partial charge in [0.1, 0.15) is 5.82 Å². The van der Waals surface area contributed by atoms with Crippen LogP contribution in [0.2, 0.25) is 0 Å². The molecule has 0 spiro atoms. The Morgan fingerprint density at radius 3 is 2.23 bits per heavy atom. The summed E-state index contributed by atoms with van der Waals surface area (Å²) < 4.78 is 2.30. The maximum atomic E-state index is 4.75. The van der Waals surface area contributed by atoms with E-state index in [0.717, 1.165) is 23.6 Å². The van der Waals surface area contributed by atoms with Crippen molar-refractivity contribution in [1.29, 1.82) is 0 Å². The third kappa shape index (κ3) is 4.50. The summed E-state index contributed by atoms with van der Waals surface area (Å²) in [6, 6.07) is 15.4. The maximum Gasteiger partial charge on any atom is 0.168 e. The summed E-state index contributed by atoms with van der Waals surface area (Å²) in [5, 5.41) is 9.45. The molecule has 0 saturated carbocycles. The molecule has 1 aromatic heterocycles. The zero-order valence-electron chi connectivity index (χ0n) is 20.0. The molecule has 3 nitrogen and oxygen atoms in total. The summed E-state index contributed by atoms with van der Waals surface area (Å²) in [4.78, 5) is 0. The van der Waals surface area contributed by atoms with Crippen LogP contribution < -0.4 is 0 Å². The van der Waals surface area contributed by atoms with E-state index in [1.54, 1.807) is 0 Å². The predicted octanol–water partition coefficient (Wildman–Crippen LogP) is 7.32. The first-order valence-electron chi connectivity index (χ1n) is 11.2. The molecule has 3 rings (SSSR count). The van der Waals surface area contributed by atoms with E-state index < -0.39 is 0 Å². The monoisotopic (exact) mass is 403 g/mol. The van der Waals surface area contributed by atoms with Crippen LogP contribution in [0.5, 0.6) is 0 Å². The highest BCUT2D eigenvalue weighted by Gasteiger charge is 2.30. The molecule has 0 bridgehead atoms. The topological polar surface area (TPSA) is 30.7 Å². The fraction of sp³-hybridized carbons (Fsp3) is 0.481. The lowest BCUT2D eigenvalue weighted by Gasteiger charge is -2.26. The molecule has 1 heterocycles. The van der Waals surface area contributed by atoms with Gasteiger partial charge in [0.25, 0.3) is 0 Å². The molecule has 0 aliphatic rings. The number of unbranched alkanes of at least 4 members (excludes halogenated alkanes) is 1. The van der Waals surface area contributed by atoms with Gasteiger partial charge in [0.15, 0.2) is 5.82 Å². The highest BCUT2D eigenvalue weighted by atomic mass is 15.3. The summed E-state index contributed by atoms with van der Waals surface area (Å²) in [6.07, 6.45) is 3.46. The van der Waals surface area contributed by atoms with Crippen molar-refractivity contribution in [1.82, 2.24) is 14.8 Å². The molecule has 3 aromatic rings. The van der Waals surface area contributed by atoms with Crippen molar-refractivity contribution in [3.8, 4) is 17.1 Å². The van der Waals surface area contributed by atoms with Crippen molar-refractivity contribution < 1.29 is 0 Å². The normalized spacial score (nSPS) is 12.4. The highest BCUT2D eigenvalue weighted by molar-refractivity contribution is 5.61. The number of aromatic nitrogens is 3. The van der Waals surface area contributed by atoms with Crippen LogP contribution in [-0.2, 0) is 10.8 Å². The second-order valence-electron chi connectivity index (χ2n) is 10.3. The lowest BCUT2D eigenvalue weighted by atomic mass is 9.85. The largest absolute Gasteiger partial charge is 0.278 e. The summed E-state index contributed by atoms with van der Waals surface area (Å²) in [5.74, 6) is 1.96. The van der Waals surface area contributed by atoms with Gasteiger partial charge in [-0.2, -0.15) is 0 Å². The van der Waals surface area contributed by atoms with Gasteiger partial charge in [0, 0.05) is 11.0 Å². The molecule has 0 fully saturated rings. The van der Waals surface area contributed by atoms with Crippen LogP contribution in [0, 0.1) is 13.8 Å². The van der Waals surface area contributed by atoms with Crippen molar-refractivity contribution in [3.05, 3.63) is 65.0 Å². The van der Waals surface area contributed by atoms with E-state index in [9.17, 15) is 0 Å². The standard InChI is InChI=1S/C27H37N3/c1-9-10-16-27(7,8)25-29-28-24(21-13-11-12-19(2)17-21)30(25)23-15-14-22(18-20(23)3)26(4,5)6/h11-15,17-18H,9-10,16H2,1-8H3. The predicted molar refractivity (Wildman–Crippen MR) is 128 cm³/mol. The molecule has 160 valence electrons. The van der Waals surface area contributed by atoms with Gasteiger partial charge in [0.05, 0.1) is 5.69 Å². The molecule has 0 atom stereocenters.